The lowest BCUT2D eigenvalue weighted by molar-refractivity contribution is -0.136. The van der Waals surface area contributed by atoms with Crippen molar-refractivity contribution < 1.29 is 23.6 Å². The molecule has 10 heteroatoms. The van der Waals surface area contributed by atoms with Gasteiger partial charge in [-0.15, -0.1) is 0 Å². The number of imide groups is 2. The maximum Gasteiger partial charge on any atom is 0.262 e. The molecule has 0 radical (unpaired) electrons. The van der Waals surface area contributed by atoms with Crippen molar-refractivity contribution in [1.29, 1.82) is 0 Å². The fourth-order valence-corrected chi connectivity index (χ4v) is 6.54. The number of anilines is 1. The predicted octanol–water partition coefficient (Wildman–Crippen LogP) is 0.632. The number of hydrogen-bond donors (Lipinski definition) is 2. The summed E-state index contributed by atoms with van der Waals surface area (Å²) < 4.78 is 15.1. The minimum Gasteiger partial charge on any atom is -0.369 e. The van der Waals surface area contributed by atoms with E-state index in [2.05, 4.69) is 15.5 Å². The van der Waals surface area contributed by atoms with E-state index in [-0.39, 0.29) is 24.0 Å². The average Bonchev–Trinajstić information content (AvgIpc) is 3.21. The first kappa shape index (κ1) is 21.7. The van der Waals surface area contributed by atoms with Crippen LogP contribution in [0.2, 0.25) is 0 Å². The van der Waals surface area contributed by atoms with Crippen LogP contribution in [0.5, 0.6) is 0 Å². The van der Waals surface area contributed by atoms with E-state index >= 15 is 4.39 Å². The second-order valence-corrected chi connectivity index (χ2v) is 10.0. The summed E-state index contributed by atoms with van der Waals surface area (Å²) in [5, 5.41) is 5.69. The Labute approximate surface area is 196 Å². The van der Waals surface area contributed by atoms with Crippen molar-refractivity contribution in [2.24, 2.45) is 0 Å². The SMILES string of the molecule is O=C1CCC(N2C(=O)c3cc(F)c(N4CCC(N5C6CCC5CNC6)CC4)cc3C2=O)C(=O)N1. The van der Waals surface area contributed by atoms with Crippen LogP contribution in [0.15, 0.2) is 12.1 Å². The second kappa shape index (κ2) is 8.13. The van der Waals surface area contributed by atoms with E-state index in [0.29, 0.717) is 36.9 Å². The maximum absolute atomic E-state index is 15.1. The predicted molar refractivity (Wildman–Crippen MR) is 120 cm³/mol. The number of hydrogen-bond acceptors (Lipinski definition) is 7. The highest BCUT2D eigenvalue weighted by Crippen LogP contribution is 2.36. The summed E-state index contributed by atoms with van der Waals surface area (Å²) in [7, 11) is 0. The number of nitrogens with zero attached hydrogens (tertiary/aromatic N) is 3. The Kier molecular flexibility index (Phi) is 5.18. The molecule has 1 aromatic rings. The molecule has 0 aromatic heterocycles. The molecule has 5 heterocycles. The fraction of sp³-hybridized carbons (Fsp3) is 0.583. The van der Waals surface area contributed by atoms with Crippen LogP contribution in [-0.4, -0.2) is 83.8 Å². The number of halogens is 1. The first-order valence-electron chi connectivity index (χ1n) is 12.2. The molecule has 2 N–H and O–H groups in total. The molecule has 0 spiro atoms. The van der Waals surface area contributed by atoms with Gasteiger partial charge in [-0.1, -0.05) is 0 Å². The van der Waals surface area contributed by atoms with Crippen LogP contribution < -0.4 is 15.5 Å². The quantitative estimate of drug-likeness (QED) is 0.626. The van der Waals surface area contributed by atoms with Crippen molar-refractivity contribution in [3.63, 3.8) is 0 Å². The van der Waals surface area contributed by atoms with Crippen molar-refractivity contribution in [3.8, 4) is 0 Å². The number of piperidine rings is 2. The molecule has 6 rings (SSSR count). The highest BCUT2D eigenvalue weighted by atomic mass is 19.1. The van der Waals surface area contributed by atoms with Crippen molar-refractivity contribution >= 4 is 29.3 Å². The number of carbonyl (C=O) groups excluding carboxylic acids is 4. The summed E-state index contributed by atoms with van der Waals surface area (Å²) in [5.74, 6) is -2.93. The summed E-state index contributed by atoms with van der Waals surface area (Å²) in [5.41, 5.74) is 0.420. The van der Waals surface area contributed by atoms with Gasteiger partial charge in [0, 0.05) is 50.7 Å². The fourth-order valence-electron chi connectivity index (χ4n) is 6.54. The molecule has 2 bridgehead atoms. The summed E-state index contributed by atoms with van der Waals surface area (Å²) in [6, 6.07) is 3.20. The Bertz CT molecular complexity index is 1070. The van der Waals surface area contributed by atoms with Gasteiger partial charge in [0.1, 0.15) is 11.9 Å². The molecule has 9 nitrogen and oxygen atoms in total. The van der Waals surface area contributed by atoms with Gasteiger partial charge in [-0.05, 0) is 44.2 Å². The van der Waals surface area contributed by atoms with E-state index in [0.717, 1.165) is 36.9 Å². The van der Waals surface area contributed by atoms with Crippen LogP contribution in [0.25, 0.3) is 0 Å². The lowest BCUT2D eigenvalue weighted by Gasteiger charge is -2.45. The summed E-state index contributed by atoms with van der Waals surface area (Å²) in [4.78, 5) is 55.2. The van der Waals surface area contributed by atoms with E-state index < -0.39 is 35.5 Å². The lowest BCUT2D eigenvalue weighted by atomic mass is 9.98. The topological polar surface area (TPSA) is 102 Å². The van der Waals surface area contributed by atoms with E-state index in [4.69, 9.17) is 0 Å². The Balaban J connectivity index is 1.20. The normalized spacial score (nSPS) is 30.2. The first-order valence-corrected chi connectivity index (χ1v) is 12.2. The highest BCUT2D eigenvalue weighted by Gasteiger charge is 2.46. The van der Waals surface area contributed by atoms with Gasteiger partial charge in [-0.25, -0.2) is 4.39 Å². The van der Waals surface area contributed by atoms with Gasteiger partial charge >= 0.3 is 0 Å². The monoisotopic (exact) mass is 469 g/mol. The molecular weight excluding hydrogens is 441 g/mol. The molecule has 0 saturated carbocycles. The largest absolute Gasteiger partial charge is 0.369 e. The van der Waals surface area contributed by atoms with Crippen LogP contribution in [0, 0.1) is 5.82 Å². The standard InChI is InChI=1S/C24H28FN5O4/c25-18-9-16-17(24(34)30(23(16)33)19-3-4-21(31)27-22(19)32)10-20(18)28-7-5-13(6-8-28)29-14-1-2-15(29)12-26-11-14/h9-10,13-15,19,26H,1-8,11-12H2,(H,27,31,32). The van der Waals surface area contributed by atoms with Crippen LogP contribution in [0.4, 0.5) is 10.1 Å². The third-order valence-corrected chi connectivity index (χ3v) is 8.17. The molecule has 5 aliphatic rings. The van der Waals surface area contributed by atoms with Crippen LogP contribution >= 0.6 is 0 Å². The van der Waals surface area contributed by atoms with Crippen molar-refractivity contribution in [3.05, 3.63) is 29.1 Å². The zero-order chi connectivity index (χ0) is 23.6. The number of fused-ring (bicyclic) bond motifs is 3. The minimum atomic E-state index is -1.05. The number of rotatable bonds is 3. The molecule has 4 saturated heterocycles. The minimum absolute atomic E-state index is 0.0248. The molecule has 34 heavy (non-hydrogen) atoms. The van der Waals surface area contributed by atoms with Crippen LogP contribution in [0.1, 0.15) is 59.2 Å². The number of nitrogens with one attached hydrogen (secondary N) is 2. The average molecular weight is 470 g/mol. The van der Waals surface area contributed by atoms with Gasteiger partial charge in [-0.3, -0.25) is 34.3 Å². The molecule has 3 unspecified atom stereocenters. The number of benzene rings is 1. The molecule has 180 valence electrons. The number of carbonyl (C=O) groups is 4. The van der Waals surface area contributed by atoms with Crippen molar-refractivity contribution in [1.82, 2.24) is 20.4 Å². The van der Waals surface area contributed by atoms with Crippen molar-refractivity contribution in [2.75, 3.05) is 31.1 Å². The van der Waals surface area contributed by atoms with Crippen molar-refractivity contribution in [2.45, 2.75) is 62.7 Å². The van der Waals surface area contributed by atoms with Gasteiger partial charge in [-0.2, -0.15) is 0 Å². The molecule has 4 fully saturated rings. The third kappa shape index (κ3) is 3.34. The molecule has 3 atom stereocenters. The molecule has 1 aromatic carbocycles. The first-order chi connectivity index (χ1) is 16.4. The zero-order valence-corrected chi connectivity index (χ0v) is 18.9. The Morgan fingerprint density at radius 3 is 2.12 bits per heavy atom. The molecule has 0 aliphatic carbocycles. The summed E-state index contributed by atoms with van der Waals surface area (Å²) >= 11 is 0. The Hall–Kier alpha value is -2.85. The van der Waals surface area contributed by atoms with Gasteiger partial charge in [0.2, 0.25) is 11.8 Å². The van der Waals surface area contributed by atoms with E-state index in [1.807, 2.05) is 4.90 Å². The number of amides is 4. The van der Waals surface area contributed by atoms with E-state index in [9.17, 15) is 19.2 Å². The number of piperazine rings is 1. The highest BCUT2D eigenvalue weighted by molar-refractivity contribution is 6.23. The van der Waals surface area contributed by atoms with Gasteiger partial charge in [0.25, 0.3) is 11.8 Å². The smallest absolute Gasteiger partial charge is 0.262 e. The van der Waals surface area contributed by atoms with E-state index in [1.54, 1.807) is 0 Å². The third-order valence-electron chi connectivity index (χ3n) is 8.17. The zero-order valence-electron chi connectivity index (χ0n) is 18.9. The molecule has 5 aliphatic heterocycles. The van der Waals surface area contributed by atoms with Crippen LogP contribution in [0.3, 0.4) is 0 Å². The van der Waals surface area contributed by atoms with Crippen LogP contribution in [-0.2, 0) is 9.59 Å². The second-order valence-electron chi connectivity index (χ2n) is 10.0. The Morgan fingerprint density at radius 2 is 1.47 bits per heavy atom. The van der Waals surface area contributed by atoms with Gasteiger partial charge in [0.05, 0.1) is 16.8 Å². The maximum atomic E-state index is 15.1. The van der Waals surface area contributed by atoms with Gasteiger partial charge in [0.15, 0.2) is 0 Å². The van der Waals surface area contributed by atoms with E-state index in [1.165, 1.54) is 18.9 Å². The Morgan fingerprint density at radius 1 is 0.824 bits per heavy atom. The van der Waals surface area contributed by atoms with Gasteiger partial charge < -0.3 is 10.2 Å². The summed E-state index contributed by atoms with van der Waals surface area (Å²) in [6.07, 6.45) is 4.45. The molecule has 4 amide bonds. The summed E-state index contributed by atoms with van der Waals surface area (Å²) in [6.45, 7) is 3.44. The molecular formula is C24H28FN5O4. The lowest BCUT2D eigenvalue weighted by Crippen LogP contribution is -2.58.